The van der Waals surface area contributed by atoms with Crippen molar-refractivity contribution in [2.75, 3.05) is 6.54 Å². The summed E-state index contributed by atoms with van der Waals surface area (Å²) in [6.45, 7) is 4.60. The first kappa shape index (κ1) is 26.6. The molecular formula is C27H31N3O6. The van der Waals surface area contributed by atoms with E-state index in [0.717, 1.165) is 5.56 Å². The van der Waals surface area contributed by atoms with Gasteiger partial charge in [0.2, 0.25) is 11.8 Å². The number of rotatable bonds is 9. The van der Waals surface area contributed by atoms with E-state index in [4.69, 9.17) is 0 Å². The first-order valence-corrected chi connectivity index (χ1v) is 11.7. The van der Waals surface area contributed by atoms with E-state index < -0.39 is 42.5 Å². The van der Waals surface area contributed by atoms with Gasteiger partial charge in [0.05, 0.1) is 11.7 Å². The molecule has 9 heteroatoms. The quantitative estimate of drug-likeness (QED) is 0.490. The number of nitrogens with one attached hydrogen (secondary N) is 1. The molecule has 0 saturated carbocycles. The number of aliphatic carboxylic acids is 1. The second-order valence-electron chi connectivity index (χ2n) is 9.07. The van der Waals surface area contributed by atoms with Crippen LogP contribution in [0.1, 0.15) is 31.9 Å². The lowest BCUT2D eigenvalue weighted by atomic mass is 9.97. The molecule has 0 fully saturated rings. The van der Waals surface area contributed by atoms with E-state index >= 15 is 0 Å². The molecule has 190 valence electrons. The van der Waals surface area contributed by atoms with Gasteiger partial charge in [-0.25, -0.2) is 4.79 Å². The van der Waals surface area contributed by atoms with Crippen LogP contribution < -0.4 is 5.32 Å². The summed E-state index contributed by atoms with van der Waals surface area (Å²) < 4.78 is 0. The third kappa shape index (κ3) is 6.17. The van der Waals surface area contributed by atoms with Crippen LogP contribution >= 0.6 is 0 Å². The van der Waals surface area contributed by atoms with Gasteiger partial charge >= 0.3 is 5.97 Å². The highest BCUT2D eigenvalue weighted by Gasteiger charge is 2.40. The van der Waals surface area contributed by atoms with Crippen molar-refractivity contribution in [3.63, 3.8) is 0 Å². The zero-order chi connectivity index (χ0) is 26.4. The third-order valence-corrected chi connectivity index (χ3v) is 6.02. The van der Waals surface area contributed by atoms with Crippen molar-refractivity contribution >= 4 is 29.4 Å². The van der Waals surface area contributed by atoms with Gasteiger partial charge in [-0.05, 0) is 23.5 Å². The molecule has 36 heavy (non-hydrogen) atoms. The summed E-state index contributed by atoms with van der Waals surface area (Å²) in [5, 5.41) is 22.2. The Bertz CT molecular complexity index is 1130. The van der Waals surface area contributed by atoms with Gasteiger partial charge < -0.3 is 20.4 Å². The van der Waals surface area contributed by atoms with E-state index in [-0.39, 0.29) is 18.2 Å². The molecule has 3 amide bonds. The van der Waals surface area contributed by atoms with Gasteiger partial charge in [0.1, 0.15) is 12.6 Å². The molecule has 1 unspecified atom stereocenters. The average Bonchev–Trinajstić information content (AvgIpc) is 2.84. The summed E-state index contributed by atoms with van der Waals surface area (Å²) in [5.74, 6) is -3.04. The molecule has 2 aromatic carbocycles. The minimum atomic E-state index is -1.84. The molecule has 0 aromatic heterocycles. The van der Waals surface area contributed by atoms with E-state index in [2.05, 4.69) is 5.32 Å². The SMILES string of the molecule is CC(=O)N1C=C(c2ccccc2)N(CC(=O)N[C@@H](Cc2ccccc2)C(O)C(=O)O)C(=O)[C@@H]1C(C)C. The number of benzene rings is 2. The third-order valence-electron chi connectivity index (χ3n) is 6.02. The van der Waals surface area contributed by atoms with Crippen molar-refractivity contribution in [3.05, 3.63) is 78.0 Å². The van der Waals surface area contributed by atoms with E-state index in [0.29, 0.717) is 11.3 Å². The van der Waals surface area contributed by atoms with Gasteiger partial charge in [0, 0.05) is 13.1 Å². The maximum Gasteiger partial charge on any atom is 0.334 e. The van der Waals surface area contributed by atoms with Crippen LogP contribution in [-0.2, 0) is 25.6 Å². The first-order chi connectivity index (χ1) is 17.1. The monoisotopic (exact) mass is 493 g/mol. The Morgan fingerprint density at radius 3 is 2.11 bits per heavy atom. The minimum Gasteiger partial charge on any atom is -0.479 e. The number of amides is 3. The average molecular weight is 494 g/mol. The number of carbonyl (C=O) groups is 4. The lowest BCUT2D eigenvalue weighted by Crippen LogP contribution is -2.57. The Hall–Kier alpha value is -3.98. The van der Waals surface area contributed by atoms with E-state index in [9.17, 15) is 29.4 Å². The fraction of sp³-hybridized carbons (Fsp3) is 0.333. The number of aliphatic hydroxyl groups is 1. The van der Waals surface area contributed by atoms with Gasteiger partial charge in [-0.15, -0.1) is 0 Å². The van der Waals surface area contributed by atoms with Crippen molar-refractivity contribution in [2.45, 2.75) is 45.4 Å². The number of carboxylic acids is 1. The molecule has 1 aliphatic rings. The van der Waals surface area contributed by atoms with Crippen molar-refractivity contribution in [1.29, 1.82) is 0 Å². The molecular weight excluding hydrogens is 462 g/mol. The van der Waals surface area contributed by atoms with Gasteiger partial charge in [0.25, 0.3) is 5.91 Å². The van der Waals surface area contributed by atoms with Crippen LogP contribution in [0.3, 0.4) is 0 Å². The lowest BCUT2D eigenvalue weighted by molar-refractivity contribution is -0.149. The molecule has 9 nitrogen and oxygen atoms in total. The second kappa shape index (κ2) is 11.6. The molecule has 0 bridgehead atoms. The smallest absolute Gasteiger partial charge is 0.334 e. The zero-order valence-electron chi connectivity index (χ0n) is 20.5. The topological polar surface area (TPSA) is 127 Å². The lowest BCUT2D eigenvalue weighted by Gasteiger charge is -2.40. The van der Waals surface area contributed by atoms with Gasteiger partial charge in [-0.2, -0.15) is 0 Å². The molecule has 1 heterocycles. The number of hydrogen-bond donors (Lipinski definition) is 3. The highest BCUT2D eigenvalue weighted by atomic mass is 16.4. The predicted octanol–water partition coefficient (Wildman–Crippen LogP) is 1.87. The fourth-order valence-corrected chi connectivity index (χ4v) is 4.25. The van der Waals surface area contributed by atoms with Crippen molar-refractivity contribution in [3.8, 4) is 0 Å². The second-order valence-corrected chi connectivity index (χ2v) is 9.07. The molecule has 0 aliphatic carbocycles. The molecule has 0 saturated heterocycles. The Morgan fingerprint density at radius 2 is 1.58 bits per heavy atom. The molecule has 3 N–H and O–H groups in total. The molecule has 3 rings (SSSR count). The zero-order valence-corrected chi connectivity index (χ0v) is 20.5. The molecule has 3 atom stereocenters. The number of carbonyl (C=O) groups excluding carboxylic acids is 3. The van der Waals surface area contributed by atoms with Crippen LogP contribution in [0.4, 0.5) is 0 Å². The standard InChI is InChI=1S/C27H31N3O6/c1-17(2)24-26(34)30(22(15-29(24)18(3)31)20-12-8-5-9-13-20)16-23(32)28-21(25(33)27(35)36)14-19-10-6-4-7-11-19/h4-13,15,17,21,24-25,33H,14,16H2,1-3H3,(H,28,32)(H,35,36)/t21-,24-,25?/m0/s1. The van der Waals surface area contributed by atoms with E-state index in [1.54, 1.807) is 60.8 Å². The summed E-state index contributed by atoms with van der Waals surface area (Å²) in [6, 6.07) is 15.9. The Labute approximate surface area is 210 Å². The largest absolute Gasteiger partial charge is 0.479 e. The summed E-state index contributed by atoms with van der Waals surface area (Å²) in [5.41, 5.74) is 1.75. The Morgan fingerprint density at radius 1 is 1.00 bits per heavy atom. The number of nitrogens with zero attached hydrogens (tertiary/aromatic N) is 2. The first-order valence-electron chi connectivity index (χ1n) is 11.7. The van der Waals surface area contributed by atoms with E-state index in [1.807, 2.05) is 19.9 Å². The van der Waals surface area contributed by atoms with Crippen molar-refractivity contribution < 1.29 is 29.4 Å². The maximum atomic E-state index is 13.6. The summed E-state index contributed by atoms with van der Waals surface area (Å²) in [6.07, 6.45) is -0.181. The summed E-state index contributed by atoms with van der Waals surface area (Å²) in [4.78, 5) is 53.3. The number of aliphatic hydroxyl groups excluding tert-OH is 1. The normalized spacial score (nSPS) is 17.4. The van der Waals surface area contributed by atoms with Gasteiger partial charge in [-0.1, -0.05) is 74.5 Å². The summed E-state index contributed by atoms with van der Waals surface area (Å²) in [7, 11) is 0. The van der Waals surface area contributed by atoms with Crippen LogP contribution in [0.15, 0.2) is 66.9 Å². The molecule has 2 aromatic rings. The van der Waals surface area contributed by atoms with Crippen LogP contribution in [0.5, 0.6) is 0 Å². The van der Waals surface area contributed by atoms with Crippen molar-refractivity contribution in [1.82, 2.24) is 15.1 Å². The van der Waals surface area contributed by atoms with Gasteiger partial charge in [0.15, 0.2) is 6.10 Å². The van der Waals surface area contributed by atoms with Crippen LogP contribution in [-0.4, -0.2) is 68.4 Å². The number of carboxylic acid groups (broad SMARTS) is 1. The van der Waals surface area contributed by atoms with Crippen LogP contribution in [0.2, 0.25) is 0 Å². The molecule has 0 radical (unpaired) electrons. The molecule has 1 aliphatic heterocycles. The fourth-order valence-electron chi connectivity index (χ4n) is 4.25. The van der Waals surface area contributed by atoms with Crippen LogP contribution in [0, 0.1) is 5.92 Å². The van der Waals surface area contributed by atoms with E-state index in [1.165, 1.54) is 16.7 Å². The maximum absolute atomic E-state index is 13.6. The van der Waals surface area contributed by atoms with Crippen molar-refractivity contribution in [2.24, 2.45) is 5.92 Å². The highest BCUT2D eigenvalue weighted by molar-refractivity contribution is 5.99. The Balaban J connectivity index is 1.91. The Kier molecular flexibility index (Phi) is 8.60. The van der Waals surface area contributed by atoms with Crippen LogP contribution in [0.25, 0.3) is 5.70 Å². The number of hydrogen-bond acceptors (Lipinski definition) is 5. The highest BCUT2D eigenvalue weighted by Crippen LogP contribution is 2.30. The van der Waals surface area contributed by atoms with Gasteiger partial charge in [-0.3, -0.25) is 19.3 Å². The minimum absolute atomic E-state index is 0.0854. The predicted molar refractivity (Wildman–Crippen MR) is 133 cm³/mol. The summed E-state index contributed by atoms with van der Waals surface area (Å²) >= 11 is 0. The molecule has 0 spiro atoms.